The molecule has 0 atom stereocenters. The highest BCUT2D eigenvalue weighted by molar-refractivity contribution is 5.88. The lowest BCUT2D eigenvalue weighted by Gasteiger charge is -2.09. The number of rotatable bonds is 7. The van der Waals surface area contributed by atoms with Gasteiger partial charge in [0.1, 0.15) is 23.9 Å². The number of aromatic nitrogens is 1. The zero-order valence-electron chi connectivity index (χ0n) is 12.6. The minimum Gasteiger partial charge on any atom is -0.497 e. The molecule has 1 aromatic heterocycles. The molecule has 0 aliphatic carbocycles. The van der Waals surface area contributed by atoms with Gasteiger partial charge in [-0.2, -0.15) is 0 Å². The fourth-order valence-corrected chi connectivity index (χ4v) is 1.80. The number of benzene rings is 1. The Bertz CT molecular complexity index is 597. The van der Waals surface area contributed by atoms with Crippen molar-refractivity contribution in [2.75, 3.05) is 30.9 Å². The van der Waals surface area contributed by atoms with Crippen LogP contribution in [-0.2, 0) is 4.79 Å². The first-order valence-electron chi connectivity index (χ1n) is 6.92. The van der Waals surface area contributed by atoms with Crippen molar-refractivity contribution in [3.63, 3.8) is 0 Å². The highest BCUT2D eigenvalue weighted by atomic mass is 16.5. The molecule has 2 aromatic rings. The molecule has 0 saturated heterocycles. The number of amides is 1. The highest BCUT2D eigenvalue weighted by Crippen LogP contribution is 2.16. The quantitative estimate of drug-likeness (QED) is 0.769. The molecule has 6 nitrogen and oxygen atoms in total. The number of ether oxygens (including phenoxy) is 2. The molecule has 0 aliphatic rings. The van der Waals surface area contributed by atoms with Gasteiger partial charge < -0.3 is 20.1 Å². The molecule has 0 saturated carbocycles. The molecule has 1 amide bonds. The minimum atomic E-state index is -0.115. The number of pyridine rings is 1. The van der Waals surface area contributed by atoms with Gasteiger partial charge in [0.25, 0.3) is 0 Å². The van der Waals surface area contributed by atoms with Crippen molar-refractivity contribution in [2.45, 2.75) is 6.92 Å². The van der Waals surface area contributed by atoms with E-state index in [1.807, 2.05) is 24.3 Å². The van der Waals surface area contributed by atoms with Crippen molar-refractivity contribution in [3.05, 3.63) is 42.6 Å². The van der Waals surface area contributed by atoms with Crippen LogP contribution in [0.3, 0.4) is 0 Å². The van der Waals surface area contributed by atoms with E-state index >= 15 is 0 Å². The number of methoxy groups -OCH3 is 1. The first-order chi connectivity index (χ1) is 10.7. The van der Waals surface area contributed by atoms with Gasteiger partial charge >= 0.3 is 0 Å². The lowest BCUT2D eigenvalue weighted by atomic mass is 10.3. The van der Waals surface area contributed by atoms with Gasteiger partial charge in [0.2, 0.25) is 5.91 Å². The molecule has 2 rings (SSSR count). The molecule has 0 bridgehead atoms. The third kappa shape index (κ3) is 4.97. The molecular weight excluding hydrogens is 282 g/mol. The third-order valence-corrected chi connectivity index (χ3v) is 2.82. The Morgan fingerprint density at radius 3 is 2.45 bits per heavy atom. The molecule has 22 heavy (non-hydrogen) atoms. The van der Waals surface area contributed by atoms with Crippen LogP contribution in [0, 0.1) is 0 Å². The summed E-state index contributed by atoms with van der Waals surface area (Å²) in [6, 6.07) is 11.0. The van der Waals surface area contributed by atoms with E-state index in [2.05, 4.69) is 15.6 Å². The zero-order chi connectivity index (χ0) is 15.8. The third-order valence-electron chi connectivity index (χ3n) is 2.82. The summed E-state index contributed by atoms with van der Waals surface area (Å²) >= 11 is 0. The molecule has 1 aromatic carbocycles. The van der Waals surface area contributed by atoms with E-state index in [4.69, 9.17) is 9.47 Å². The van der Waals surface area contributed by atoms with Crippen molar-refractivity contribution in [1.82, 2.24) is 4.98 Å². The molecule has 6 heteroatoms. The topological polar surface area (TPSA) is 72.5 Å². The van der Waals surface area contributed by atoms with E-state index < -0.39 is 0 Å². The Morgan fingerprint density at radius 2 is 1.86 bits per heavy atom. The van der Waals surface area contributed by atoms with Crippen molar-refractivity contribution in [1.29, 1.82) is 0 Å². The predicted octanol–water partition coefficient (Wildman–Crippen LogP) is 2.54. The second kappa shape index (κ2) is 7.87. The predicted molar refractivity (Wildman–Crippen MR) is 85.5 cm³/mol. The van der Waals surface area contributed by atoms with Crippen molar-refractivity contribution in [2.24, 2.45) is 0 Å². The summed E-state index contributed by atoms with van der Waals surface area (Å²) in [6.07, 6.45) is 1.61. The van der Waals surface area contributed by atoms with Gasteiger partial charge in [0.15, 0.2) is 0 Å². The highest BCUT2D eigenvalue weighted by Gasteiger charge is 1.98. The lowest BCUT2D eigenvalue weighted by molar-refractivity contribution is -0.114. The summed E-state index contributed by atoms with van der Waals surface area (Å²) < 4.78 is 10.7. The van der Waals surface area contributed by atoms with E-state index in [1.54, 1.807) is 25.4 Å². The number of carbonyl (C=O) groups is 1. The molecule has 116 valence electrons. The summed E-state index contributed by atoms with van der Waals surface area (Å²) in [6.45, 7) is 2.60. The van der Waals surface area contributed by atoms with E-state index in [1.165, 1.54) is 6.92 Å². The standard InChI is InChI=1S/C16H19N3O3/c1-12(20)19-13-3-8-16(18-11-13)17-9-10-22-15-6-4-14(21-2)5-7-15/h3-8,11H,9-10H2,1-2H3,(H,17,18)(H,19,20). The number of nitrogens with zero attached hydrogens (tertiary/aromatic N) is 1. The van der Waals surface area contributed by atoms with Crippen molar-refractivity contribution < 1.29 is 14.3 Å². The van der Waals surface area contributed by atoms with Gasteiger partial charge in [-0.25, -0.2) is 4.98 Å². The van der Waals surface area contributed by atoms with Gasteiger partial charge in [0, 0.05) is 6.92 Å². The number of hydrogen-bond donors (Lipinski definition) is 2. The first-order valence-corrected chi connectivity index (χ1v) is 6.92. The minimum absolute atomic E-state index is 0.115. The molecule has 0 radical (unpaired) electrons. The van der Waals surface area contributed by atoms with Gasteiger partial charge in [-0.05, 0) is 36.4 Å². The van der Waals surface area contributed by atoms with E-state index in [9.17, 15) is 4.79 Å². The summed E-state index contributed by atoms with van der Waals surface area (Å²) in [5.74, 6) is 2.20. The zero-order valence-corrected chi connectivity index (χ0v) is 12.6. The van der Waals surface area contributed by atoms with Crippen molar-refractivity contribution in [3.8, 4) is 11.5 Å². The number of carbonyl (C=O) groups excluding carboxylic acids is 1. The average Bonchev–Trinajstić information content (AvgIpc) is 2.53. The summed E-state index contributed by atoms with van der Waals surface area (Å²) in [4.78, 5) is 15.1. The maximum atomic E-state index is 10.9. The van der Waals surface area contributed by atoms with Crippen LogP contribution >= 0.6 is 0 Å². The Morgan fingerprint density at radius 1 is 1.14 bits per heavy atom. The fourth-order valence-electron chi connectivity index (χ4n) is 1.80. The van der Waals surface area contributed by atoms with Crippen LogP contribution in [0.4, 0.5) is 11.5 Å². The molecular formula is C16H19N3O3. The monoisotopic (exact) mass is 301 g/mol. The van der Waals surface area contributed by atoms with Crippen LogP contribution in [0.25, 0.3) is 0 Å². The van der Waals surface area contributed by atoms with Gasteiger partial charge in [0.05, 0.1) is 25.5 Å². The largest absolute Gasteiger partial charge is 0.497 e. The lowest BCUT2D eigenvalue weighted by Crippen LogP contribution is -2.12. The normalized spacial score (nSPS) is 9.91. The second-order valence-electron chi connectivity index (χ2n) is 4.56. The summed E-state index contributed by atoms with van der Waals surface area (Å²) in [7, 11) is 1.63. The molecule has 0 fully saturated rings. The SMILES string of the molecule is COc1ccc(OCCNc2ccc(NC(C)=O)cn2)cc1. The maximum Gasteiger partial charge on any atom is 0.221 e. The van der Waals surface area contributed by atoms with Crippen LogP contribution in [0.2, 0.25) is 0 Å². The van der Waals surface area contributed by atoms with E-state index in [-0.39, 0.29) is 5.91 Å². The smallest absolute Gasteiger partial charge is 0.221 e. The number of anilines is 2. The fraction of sp³-hybridized carbons (Fsp3) is 0.250. The van der Waals surface area contributed by atoms with Crippen LogP contribution < -0.4 is 20.1 Å². The summed E-state index contributed by atoms with van der Waals surface area (Å²) in [5, 5.41) is 5.81. The van der Waals surface area contributed by atoms with Crippen LogP contribution in [0.5, 0.6) is 11.5 Å². The molecule has 0 unspecified atom stereocenters. The first kappa shape index (κ1) is 15.6. The Hall–Kier alpha value is -2.76. The summed E-state index contributed by atoms with van der Waals surface area (Å²) in [5.41, 5.74) is 0.674. The molecule has 0 spiro atoms. The van der Waals surface area contributed by atoms with E-state index in [0.717, 1.165) is 17.3 Å². The molecule has 0 aliphatic heterocycles. The van der Waals surface area contributed by atoms with E-state index in [0.29, 0.717) is 18.8 Å². The number of hydrogen-bond acceptors (Lipinski definition) is 5. The van der Waals surface area contributed by atoms with Gasteiger partial charge in [-0.1, -0.05) is 0 Å². The molecule has 1 heterocycles. The number of nitrogens with one attached hydrogen (secondary N) is 2. The van der Waals surface area contributed by atoms with Gasteiger partial charge in [-0.15, -0.1) is 0 Å². The van der Waals surface area contributed by atoms with Crippen LogP contribution in [-0.4, -0.2) is 31.2 Å². The van der Waals surface area contributed by atoms with Gasteiger partial charge in [-0.3, -0.25) is 4.79 Å². The average molecular weight is 301 g/mol. The Kier molecular flexibility index (Phi) is 5.59. The van der Waals surface area contributed by atoms with Crippen LogP contribution in [0.1, 0.15) is 6.92 Å². The Labute approximate surface area is 129 Å². The Balaban J connectivity index is 1.72. The maximum absolute atomic E-state index is 10.9. The molecule has 2 N–H and O–H groups in total. The van der Waals surface area contributed by atoms with Crippen molar-refractivity contribution >= 4 is 17.4 Å². The second-order valence-corrected chi connectivity index (χ2v) is 4.56. The van der Waals surface area contributed by atoms with Crippen LogP contribution in [0.15, 0.2) is 42.6 Å².